The standard InChI is InChI=1S/C14H11ClF2N4OS/c15-11-10(12(22)19-7-5-14(7)1-2-14)21-13(23-11)18-6-3-8(16)20-9(17)4-6/h3-4,7H,1-2,5H2,(H,19,22)(H,18,20,21). The van der Waals surface area contributed by atoms with Crippen molar-refractivity contribution in [3.8, 4) is 0 Å². The van der Waals surface area contributed by atoms with E-state index in [2.05, 4.69) is 20.6 Å². The van der Waals surface area contributed by atoms with Gasteiger partial charge in [-0.15, -0.1) is 0 Å². The van der Waals surface area contributed by atoms with Gasteiger partial charge in [-0.05, 0) is 24.7 Å². The monoisotopic (exact) mass is 356 g/mol. The van der Waals surface area contributed by atoms with Gasteiger partial charge < -0.3 is 10.6 Å². The minimum atomic E-state index is -0.948. The van der Waals surface area contributed by atoms with Gasteiger partial charge in [0.15, 0.2) is 10.8 Å². The molecule has 120 valence electrons. The van der Waals surface area contributed by atoms with Gasteiger partial charge in [0.25, 0.3) is 5.91 Å². The van der Waals surface area contributed by atoms with E-state index in [0.717, 1.165) is 42.7 Å². The summed E-state index contributed by atoms with van der Waals surface area (Å²) < 4.78 is 26.4. The number of nitrogens with zero attached hydrogens (tertiary/aromatic N) is 2. The molecule has 2 aliphatic rings. The molecule has 1 unspecified atom stereocenters. The SMILES string of the molecule is O=C(NC1CC12CC2)c1nc(Nc2cc(F)nc(F)c2)sc1Cl. The van der Waals surface area contributed by atoms with Crippen molar-refractivity contribution in [2.45, 2.75) is 25.3 Å². The minimum Gasteiger partial charge on any atom is -0.347 e. The van der Waals surface area contributed by atoms with Crippen molar-refractivity contribution in [2.24, 2.45) is 5.41 Å². The lowest BCUT2D eigenvalue weighted by atomic mass is 10.4. The second-order valence-corrected chi connectivity index (χ2v) is 7.46. The number of pyridine rings is 1. The van der Waals surface area contributed by atoms with Gasteiger partial charge in [-0.2, -0.15) is 13.8 Å². The van der Waals surface area contributed by atoms with Crippen molar-refractivity contribution in [3.63, 3.8) is 0 Å². The van der Waals surface area contributed by atoms with E-state index in [0.29, 0.717) is 5.41 Å². The Morgan fingerprint density at radius 1 is 1.30 bits per heavy atom. The maximum absolute atomic E-state index is 13.1. The van der Waals surface area contributed by atoms with Crippen LogP contribution in [0.15, 0.2) is 12.1 Å². The van der Waals surface area contributed by atoms with Crippen LogP contribution in [0.4, 0.5) is 19.6 Å². The molecule has 2 heterocycles. The third kappa shape index (κ3) is 2.88. The molecule has 2 saturated carbocycles. The Labute approximate surface area is 139 Å². The Morgan fingerprint density at radius 3 is 2.61 bits per heavy atom. The topological polar surface area (TPSA) is 66.9 Å². The summed E-state index contributed by atoms with van der Waals surface area (Å²) in [5, 5.41) is 5.92. The molecule has 1 amide bonds. The predicted octanol–water partition coefficient (Wildman–Crippen LogP) is 3.50. The number of nitrogens with one attached hydrogen (secondary N) is 2. The van der Waals surface area contributed by atoms with Crippen LogP contribution in [0.2, 0.25) is 4.34 Å². The van der Waals surface area contributed by atoms with Crippen molar-refractivity contribution in [1.29, 1.82) is 0 Å². The van der Waals surface area contributed by atoms with Crippen LogP contribution in [0, 0.1) is 17.3 Å². The fraction of sp³-hybridized carbons (Fsp3) is 0.357. The highest BCUT2D eigenvalue weighted by atomic mass is 35.5. The molecule has 2 aliphatic carbocycles. The summed E-state index contributed by atoms with van der Waals surface area (Å²) in [4.78, 5) is 19.3. The summed E-state index contributed by atoms with van der Waals surface area (Å²) >= 11 is 7.08. The van der Waals surface area contributed by atoms with Crippen LogP contribution in [0.3, 0.4) is 0 Å². The number of amides is 1. The Morgan fingerprint density at radius 2 is 2.00 bits per heavy atom. The van der Waals surface area contributed by atoms with Crippen molar-refractivity contribution >= 4 is 39.7 Å². The normalized spacial score (nSPS) is 20.4. The maximum Gasteiger partial charge on any atom is 0.272 e. The lowest BCUT2D eigenvalue weighted by molar-refractivity contribution is 0.0944. The third-order valence-electron chi connectivity index (χ3n) is 4.20. The molecule has 0 bridgehead atoms. The van der Waals surface area contributed by atoms with Gasteiger partial charge in [0.1, 0.15) is 4.34 Å². The number of hydrogen-bond donors (Lipinski definition) is 2. The van der Waals surface area contributed by atoms with Gasteiger partial charge in [-0.1, -0.05) is 22.9 Å². The van der Waals surface area contributed by atoms with E-state index in [9.17, 15) is 13.6 Å². The van der Waals surface area contributed by atoms with E-state index in [4.69, 9.17) is 11.6 Å². The molecule has 1 spiro atoms. The molecule has 23 heavy (non-hydrogen) atoms. The molecular formula is C14H11ClF2N4OS. The van der Waals surface area contributed by atoms with Crippen LogP contribution in [-0.2, 0) is 0 Å². The summed E-state index contributed by atoms with van der Waals surface area (Å²) in [6, 6.07) is 2.27. The van der Waals surface area contributed by atoms with E-state index >= 15 is 0 Å². The van der Waals surface area contributed by atoms with Crippen LogP contribution >= 0.6 is 22.9 Å². The molecule has 5 nitrogen and oxygen atoms in total. The smallest absolute Gasteiger partial charge is 0.272 e. The largest absolute Gasteiger partial charge is 0.347 e. The Hall–Kier alpha value is -1.80. The highest BCUT2D eigenvalue weighted by Crippen LogP contribution is 2.65. The average Bonchev–Trinajstić information content (AvgIpc) is 3.33. The fourth-order valence-corrected chi connectivity index (χ4v) is 3.70. The third-order valence-corrected chi connectivity index (χ3v) is 5.37. The van der Waals surface area contributed by atoms with E-state index in [1.807, 2.05) is 0 Å². The number of aromatic nitrogens is 2. The van der Waals surface area contributed by atoms with E-state index in [1.165, 1.54) is 0 Å². The number of halogens is 3. The minimum absolute atomic E-state index is 0.122. The first-order chi connectivity index (χ1) is 10.9. The predicted molar refractivity (Wildman–Crippen MR) is 82.1 cm³/mol. The number of hydrogen-bond acceptors (Lipinski definition) is 5. The molecule has 2 aromatic heterocycles. The number of anilines is 2. The number of thiazole rings is 1. The van der Waals surface area contributed by atoms with E-state index in [1.54, 1.807) is 0 Å². The molecule has 9 heteroatoms. The molecule has 1 atom stereocenters. The molecule has 0 radical (unpaired) electrons. The second kappa shape index (κ2) is 5.10. The van der Waals surface area contributed by atoms with Gasteiger partial charge >= 0.3 is 0 Å². The summed E-state index contributed by atoms with van der Waals surface area (Å²) in [5.74, 6) is -2.21. The molecule has 2 fully saturated rings. The molecule has 0 saturated heterocycles. The summed E-state index contributed by atoms with van der Waals surface area (Å²) in [7, 11) is 0. The Kier molecular flexibility index (Phi) is 3.28. The highest BCUT2D eigenvalue weighted by Gasteiger charge is 2.63. The number of carbonyl (C=O) groups excluding carboxylic acids is 1. The second-order valence-electron chi connectivity index (χ2n) is 5.86. The first-order valence-corrected chi connectivity index (χ1v) is 8.22. The Balaban J connectivity index is 1.48. The van der Waals surface area contributed by atoms with Crippen molar-refractivity contribution in [1.82, 2.24) is 15.3 Å². The molecule has 4 rings (SSSR count). The van der Waals surface area contributed by atoms with Gasteiger partial charge in [0.2, 0.25) is 11.9 Å². The van der Waals surface area contributed by atoms with Crippen LogP contribution in [0.1, 0.15) is 29.8 Å². The van der Waals surface area contributed by atoms with Gasteiger partial charge in [-0.3, -0.25) is 4.79 Å². The van der Waals surface area contributed by atoms with E-state index < -0.39 is 11.9 Å². The maximum atomic E-state index is 13.1. The van der Waals surface area contributed by atoms with Crippen LogP contribution in [0.5, 0.6) is 0 Å². The van der Waals surface area contributed by atoms with Gasteiger partial charge in [0, 0.05) is 23.9 Å². The number of rotatable bonds is 4. The van der Waals surface area contributed by atoms with Crippen LogP contribution in [0.25, 0.3) is 0 Å². The molecule has 2 N–H and O–H groups in total. The fourth-order valence-electron chi connectivity index (χ4n) is 2.65. The van der Waals surface area contributed by atoms with Crippen LogP contribution < -0.4 is 10.6 Å². The summed E-state index contributed by atoms with van der Waals surface area (Å²) in [5.41, 5.74) is 0.606. The first kappa shape index (κ1) is 14.8. The lowest BCUT2D eigenvalue weighted by Gasteiger charge is -2.02. The van der Waals surface area contributed by atoms with Gasteiger partial charge in [-0.25, -0.2) is 4.98 Å². The van der Waals surface area contributed by atoms with Crippen molar-refractivity contribution < 1.29 is 13.6 Å². The molecule has 0 aliphatic heterocycles. The molecular weight excluding hydrogens is 346 g/mol. The highest BCUT2D eigenvalue weighted by molar-refractivity contribution is 7.19. The zero-order valence-corrected chi connectivity index (χ0v) is 13.3. The number of carbonyl (C=O) groups is 1. The molecule has 2 aromatic rings. The van der Waals surface area contributed by atoms with Gasteiger partial charge in [0.05, 0.1) is 0 Å². The quantitative estimate of drug-likeness (QED) is 0.823. The average molecular weight is 357 g/mol. The zero-order valence-electron chi connectivity index (χ0n) is 11.7. The summed E-state index contributed by atoms with van der Waals surface area (Å²) in [6.45, 7) is 0. The van der Waals surface area contributed by atoms with Crippen molar-refractivity contribution in [3.05, 3.63) is 34.1 Å². The van der Waals surface area contributed by atoms with Crippen LogP contribution in [-0.4, -0.2) is 21.9 Å². The summed E-state index contributed by atoms with van der Waals surface area (Å²) in [6.07, 6.45) is 3.34. The van der Waals surface area contributed by atoms with Crippen molar-refractivity contribution in [2.75, 3.05) is 5.32 Å². The zero-order chi connectivity index (χ0) is 16.2. The Bertz CT molecular complexity index is 788. The van der Waals surface area contributed by atoms with E-state index in [-0.39, 0.29) is 32.8 Å². The molecule has 0 aromatic carbocycles. The lowest BCUT2D eigenvalue weighted by Crippen LogP contribution is -2.27. The first-order valence-electron chi connectivity index (χ1n) is 7.02.